The minimum Gasteiger partial charge on any atom is -0.311 e. The van der Waals surface area contributed by atoms with Gasteiger partial charge in [0.25, 0.3) is 0 Å². The van der Waals surface area contributed by atoms with Crippen molar-refractivity contribution in [3.8, 4) is 33.4 Å². The maximum atomic E-state index is 4.27. The molecular formula is C47H45N. The standard InChI is InChI=1S/C47H45N/c1-9-18-36-31(4)46(5,6)45-42(48(34(10-2)11-3)35-27-25-33(26-28-35)32-19-13-12-14-20-32)30-29-38(44(36)45)37-22-17-24-41-43(37)39-21-15-16-23-40(39)47(41,7)8/h9-30H,2H2,1,3-8H3. The van der Waals surface area contributed by atoms with Crippen LogP contribution in [0, 0.1) is 0 Å². The van der Waals surface area contributed by atoms with Crippen LogP contribution in [0.1, 0.15) is 70.7 Å². The molecule has 0 aliphatic heterocycles. The van der Waals surface area contributed by atoms with Crippen molar-refractivity contribution in [2.24, 2.45) is 0 Å². The molecule has 0 amide bonds. The summed E-state index contributed by atoms with van der Waals surface area (Å²) in [7, 11) is 0. The van der Waals surface area contributed by atoms with Crippen LogP contribution in [0.5, 0.6) is 0 Å². The third kappa shape index (κ3) is 4.67. The molecule has 0 N–H and O–H groups in total. The molecule has 2 aliphatic carbocycles. The Morgan fingerprint density at radius 1 is 0.625 bits per heavy atom. The summed E-state index contributed by atoms with van der Waals surface area (Å²) in [6, 6.07) is 40.2. The molecule has 0 aromatic heterocycles. The van der Waals surface area contributed by atoms with E-state index in [9.17, 15) is 0 Å². The summed E-state index contributed by atoms with van der Waals surface area (Å²) in [6.45, 7) is 20.3. The molecule has 0 atom stereocenters. The van der Waals surface area contributed by atoms with E-state index in [-0.39, 0.29) is 10.8 Å². The second kappa shape index (κ2) is 11.8. The molecule has 1 heteroatoms. The molecule has 0 unspecified atom stereocenters. The van der Waals surface area contributed by atoms with Gasteiger partial charge in [0.2, 0.25) is 0 Å². The van der Waals surface area contributed by atoms with Gasteiger partial charge in [0.1, 0.15) is 0 Å². The molecule has 0 heterocycles. The van der Waals surface area contributed by atoms with Crippen LogP contribution < -0.4 is 4.90 Å². The lowest BCUT2D eigenvalue weighted by Gasteiger charge is -2.34. The first-order valence-corrected chi connectivity index (χ1v) is 17.1. The van der Waals surface area contributed by atoms with Gasteiger partial charge in [0, 0.05) is 22.2 Å². The summed E-state index contributed by atoms with van der Waals surface area (Å²) in [5, 5.41) is 0. The summed E-state index contributed by atoms with van der Waals surface area (Å²) in [6.07, 6.45) is 8.65. The zero-order valence-electron chi connectivity index (χ0n) is 29.4. The van der Waals surface area contributed by atoms with E-state index in [0.717, 1.165) is 11.4 Å². The summed E-state index contributed by atoms with van der Waals surface area (Å²) >= 11 is 0. The number of fused-ring (bicyclic) bond motifs is 4. The highest BCUT2D eigenvalue weighted by Crippen LogP contribution is 2.58. The second-order valence-electron chi connectivity index (χ2n) is 14.1. The van der Waals surface area contributed by atoms with Crippen LogP contribution in [0.3, 0.4) is 0 Å². The lowest BCUT2D eigenvalue weighted by atomic mass is 9.78. The molecule has 0 fully saturated rings. The van der Waals surface area contributed by atoms with Crippen LogP contribution in [0.25, 0.3) is 39.0 Å². The van der Waals surface area contributed by atoms with Gasteiger partial charge in [-0.1, -0.05) is 149 Å². The number of hydrogen-bond acceptors (Lipinski definition) is 1. The number of allylic oxidation sites excluding steroid dienone is 6. The smallest absolute Gasteiger partial charge is 0.0508 e. The predicted molar refractivity (Wildman–Crippen MR) is 208 cm³/mol. The molecule has 1 nitrogen and oxygen atoms in total. The molecule has 0 spiro atoms. The van der Waals surface area contributed by atoms with Crippen molar-refractivity contribution < 1.29 is 0 Å². The van der Waals surface area contributed by atoms with Crippen molar-refractivity contribution in [2.45, 2.75) is 59.3 Å². The van der Waals surface area contributed by atoms with Crippen molar-refractivity contribution in [3.05, 3.63) is 174 Å². The third-order valence-electron chi connectivity index (χ3n) is 10.9. The number of hydrogen-bond donors (Lipinski definition) is 0. The highest BCUT2D eigenvalue weighted by molar-refractivity contribution is 6.02. The number of nitrogens with zero attached hydrogens (tertiary/aromatic N) is 1. The van der Waals surface area contributed by atoms with E-state index >= 15 is 0 Å². The lowest BCUT2D eigenvalue weighted by Crippen LogP contribution is -2.23. The Labute approximate surface area is 287 Å². The Bertz CT molecular complexity index is 2150. The summed E-state index contributed by atoms with van der Waals surface area (Å²) < 4.78 is 0. The van der Waals surface area contributed by atoms with Gasteiger partial charge in [0.05, 0.1) is 5.69 Å². The van der Waals surface area contributed by atoms with Gasteiger partial charge in [0.15, 0.2) is 0 Å². The van der Waals surface area contributed by atoms with E-state index in [4.69, 9.17) is 0 Å². The van der Waals surface area contributed by atoms with Gasteiger partial charge in [-0.25, -0.2) is 0 Å². The van der Waals surface area contributed by atoms with Crippen molar-refractivity contribution in [1.82, 2.24) is 0 Å². The van der Waals surface area contributed by atoms with Crippen molar-refractivity contribution >= 4 is 16.9 Å². The zero-order chi connectivity index (χ0) is 33.8. The Hall–Kier alpha value is -5.14. The van der Waals surface area contributed by atoms with Crippen LogP contribution in [0.4, 0.5) is 11.4 Å². The van der Waals surface area contributed by atoms with Gasteiger partial charge in [-0.2, -0.15) is 0 Å². The van der Waals surface area contributed by atoms with Crippen molar-refractivity contribution in [2.75, 3.05) is 4.90 Å². The number of anilines is 2. The Morgan fingerprint density at radius 3 is 1.94 bits per heavy atom. The third-order valence-corrected chi connectivity index (χ3v) is 10.9. The Morgan fingerprint density at radius 2 is 1.25 bits per heavy atom. The minimum absolute atomic E-state index is 0.0598. The lowest BCUT2D eigenvalue weighted by molar-refractivity contribution is 0.639. The van der Waals surface area contributed by atoms with Crippen LogP contribution >= 0.6 is 0 Å². The van der Waals surface area contributed by atoms with E-state index < -0.39 is 0 Å². The summed E-state index contributed by atoms with van der Waals surface area (Å²) in [4.78, 5) is 2.39. The Balaban J connectivity index is 1.51. The van der Waals surface area contributed by atoms with Crippen molar-refractivity contribution in [1.29, 1.82) is 0 Å². The predicted octanol–water partition coefficient (Wildman–Crippen LogP) is 13.2. The maximum absolute atomic E-state index is 4.27. The molecular weight excluding hydrogens is 579 g/mol. The largest absolute Gasteiger partial charge is 0.311 e. The Kier molecular flexibility index (Phi) is 7.75. The molecule has 238 valence electrons. The molecule has 48 heavy (non-hydrogen) atoms. The first-order valence-electron chi connectivity index (χ1n) is 17.1. The topological polar surface area (TPSA) is 3.24 Å². The van der Waals surface area contributed by atoms with Gasteiger partial charge < -0.3 is 4.90 Å². The van der Waals surface area contributed by atoms with E-state index in [1.807, 2.05) is 6.08 Å². The molecule has 5 aromatic rings. The van der Waals surface area contributed by atoms with Gasteiger partial charge in [-0.15, -0.1) is 0 Å². The first kappa shape index (κ1) is 31.5. The molecule has 0 saturated heterocycles. The SMILES string of the molecule is C=CC(=CC)N(c1ccc(-c2ccccc2)cc1)c1ccc(-c2cccc3c2-c2ccccc2C3(C)C)c2c1C(C)(C)C(C)=C2C=CC. The van der Waals surface area contributed by atoms with E-state index in [0.29, 0.717) is 0 Å². The number of rotatable bonds is 7. The summed E-state index contributed by atoms with van der Waals surface area (Å²) in [5.74, 6) is 0. The molecule has 0 saturated carbocycles. The average Bonchev–Trinajstić information content (AvgIpc) is 3.47. The summed E-state index contributed by atoms with van der Waals surface area (Å²) in [5.41, 5.74) is 19.0. The van der Waals surface area contributed by atoms with Gasteiger partial charge >= 0.3 is 0 Å². The van der Waals surface area contributed by atoms with Crippen LogP contribution in [0.15, 0.2) is 151 Å². The fourth-order valence-electron chi connectivity index (χ4n) is 8.18. The highest BCUT2D eigenvalue weighted by atomic mass is 15.1. The van der Waals surface area contributed by atoms with Gasteiger partial charge in [-0.05, 0) is 106 Å². The monoisotopic (exact) mass is 623 g/mol. The molecule has 7 rings (SSSR count). The molecule has 5 aromatic carbocycles. The molecule has 0 bridgehead atoms. The molecule has 0 radical (unpaired) electrons. The van der Waals surface area contributed by atoms with Crippen LogP contribution in [0.2, 0.25) is 0 Å². The molecule has 2 aliphatic rings. The first-order chi connectivity index (χ1) is 23.1. The van der Waals surface area contributed by atoms with Crippen LogP contribution in [-0.4, -0.2) is 0 Å². The van der Waals surface area contributed by atoms with Gasteiger partial charge in [-0.3, -0.25) is 0 Å². The second-order valence-corrected chi connectivity index (χ2v) is 14.1. The van der Waals surface area contributed by atoms with E-state index in [1.54, 1.807) is 0 Å². The van der Waals surface area contributed by atoms with E-state index in [1.165, 1.54) is 72.5 Å². The van der Waals surface area contributed by atoms with Crippen LogP contribution in [-0.2, 0) is 10.8 Å². The minimum atomic E-state index is -0.201. The normalized spacial score (nSPS) is 15.8. The maximum Gasteiger partial charge on any atom is 0.0508 e. The fourth-order valence-corrected chi connectivity index (χ4v) is 8.18. The fraction of sp³-hybridized carbons (Fsp3) is 0.191. The van der Waals surface area contributed by atoms with E-state index in [2.05, 4.69) is 187 Å². The van der Waals surface area contributed by atoms with Crippen molar-refractivity contribution in [3.63, 3.8) is 0 Å². The average molecular weight is 624 g/mol. The highest BCUT2D eigenvalue weighted by Gasteiger charge is 2.42. The zero-order valence-corrected chi connectivity index (χ0v) is 29.4. The quantitative estimate of drug-likeness (QED) is 0.163. The number of benzene rings is 5.